The standard InChI is InChI=1S/C67H104O5/c1-3-5-7-9-11-13-15-17-19-21-23-25-26-27-28-29-30-31-32-33-34-35-36-37-38-39-40-42-44-46-48-50-52-54-56-58-60-62-67(70)72-65(63-68)64-71-66(69)61-59-57-55-53-51-49-47-45-43-41-24-22-20-18-16-14-12-10-8-6-4-2/h5-8,11-14,17-20,23-25,27-28,30-31,33-34,36-37,39-41,45,47,65,68H,3-4,9-10,15-16,21-22,26,29,32,35,38,42-44,46,48-64H2,1-2H3/b7-5-,8-6-,13-11-,14-12-,19-17-,20-18-,25-23-,28-27-,31-30-,34-33-,37-36-,40-39-,41-24-,47-45-. The van der Waals surface area contributed by atoms with E-state index < -0.39 is 6.10 Å². The van der Waals surface area contributed by atoms with E-state index in [4.69, 9.17) is 9.47 Å². The number of hydrogen-bond donors (Lipinski definition) is 1. The number of hydrogen-bond acceptors (Lipinski definition) is 5. The molecule has 402 valence electrons. The Morgan fingerprint density at radius 1 is 0.319 bits per heavy atom. The summed E-state index contributed by atoms with van der Waals surface area (Å²) in [5.41, 5.74) is 0. The first-order valence-corrected chi connectivity index (χ1v) is 28.7. The molecule has 0 saturated heterocycles. The number of aliphatic hydroxyl groups excluding tert-OH is 1. The molecule has 0 heterocycles. The molecule has 5 heteroatoms. The topological polar surface area (TPSA) is 72.8 Å². The van der Waals surface area contributed by atoms with Crippen LogP contribution in [0.4, 0.5) is 0 Å². The molecule has 1 unspecified atom stereocenters. The summed E-state index contributed by atoms with van der Waals surface area (Å²) in [6, 6.07) is 0. The zero-order chi connectivity index (χ0) is 52.0. The van der Waals surface area contributed by atoms with Gasteiger partial charge in [0.25, 0.3) is 0 Å². The van der Waals surface area contributed by atoms with Crippen molar-refractivity contribution < 1.29 is 24.2 Å². The summed E-state index contributed by atoms with van der Waals surface area (Å²) >= 11 is 0. The van der Waals surface area contributed by atoms with Crippen LogP contribution in [0.25, 0.3) is 0 Å². The van der Waals surface area contributed by atoms with Crippen LogP contribution in [0.1, 0.15) is 219 Å². The monoisotopic (exact) mass is 989 g/mol. The van der Waals surface area contributed by atoms with Gasteiger partial charge in [0.15, 0.2) is 6.10 Å². The molecule has 1 N–H and O–H groups in total. The van der Waals surface area contributed by atoms with Crippen molar-refractivity contribution in [2.24, 2.45) is 0 Å². The predicted molar refractivity (Wildman–Crippen MR) is 315 cm³/mol. The van der Waals surface area contributed by atoms with Crippen LogP contribution in [-0.2, 0) is 19.1 Å². The number of carbonyl (C=O) groups excluding carboxylic acids is 2. The Hall–Kier alpha value is -4.74. The third-order valence-corrected chi connectivity index (χ3v) is 11.5. The second-order valence-corrected chi connectivity index (χ2v) is 18.2. The Balaban J connectivity index is 3.63. The van der Waals surface area contributed by atoms with Crippen LogP contribution < -0.4 is 0 Å². The van der Waals surface area contributed by atoms with Gasteiger partial charge in [-0.2, -0.15) is 0 Å². The molecule has 72 heavy (non-hydrogen) atoms. The van der Waals surface area contributed by atoms with Gasteiger partial charge in [-0.3, -0.25) is 9.59 Å². The molecule has 5 nitrogen and oxygen atoms in total. The van der Waals surface area contributed by atoms with Gasteiger partial charge in [-0.15, -0.1) is 0 Å². The highest BCUT2D eigenvalue weighted by Gasteiger charge is 2.16. The minimum absolute atomic E-state index is 0.0896. The molecule has 0 fully saturated rings. The second-order valence-electron chi connectivity index (χ2n) is 18.2. The smallest absolute Gasteiger partial charge is 0.306 e. The third kappa shape index (κ3) is 57.8. The van der Waals surface area contributed by atoms with Gasteiger partial charge < -0.3 is 14.6 Å². The maximum atomic E-state index is 12.3. The molecule has 0 amide bonds. The number of rotatable bonds is 50. The van der Waals surface area contributed by atoms with Crippen LogP contribution in [0.3, 0.4) is 0 Å². The average molecular weight is 990 g/mol. The molecule has 0 aromatic rings. The van der Waals surface area contributed by atoms with Gasteiger partial charge in [0.05, 0.1) is 6.61 Å². The summed E-state index contributed by atoms with van der Waals surface area (Å²) in [4.78, 5) is 24.5. The number of carbonyl (C=O) groups is 2. The van der Waals surface area contributed by atoms with E-state index in [2.05, 4.69) is 184 Å². The Morgan fingerprint density at radius 2 is 0.556 bits per heavy atom. The van der Waals surface area contributed by atoms with Gasteiger partial charge in [-0.1, -0.05) is 248 Å². The highest BCUT2D eigenvalue weighted by atomic mass is 16.6. The van der Waals surface area contributed by atoms with Gasteiger partial charge in [0.1, 0.15) is 6.61 Å². The van der Waals surface area contributed by atoms with Crippen molar-refractivity contribution >= 4 is 11.9 Å². The quantitative estimate of drug-likeness (QED) is 0.0373. The zero-order valence-corrected chi connectivity index (χ0v) is 45.9. The van der Waals surface area contributed by atoms with E-state index >= 15 is 0 Å². The first-order chi connectivity index (χ1) is 35.6. The van der Waals surface area contributed by atoms with Crippen molar-refractivity contribution in [3.8, 4) is 0 Å². The minimum Gasteiger partial charge on any atom is -0.462 e. The van der Waals surface area contributed by atoms with Gasteiger partial charge >= 0.3 is 11.9 Å². The third-order valence-electron chi connectivity index (χ3n) is 11.5. The second kappa shape index (κ2) is 60.6. The molecule has 0 rings (SSSR count). The maximum absolute atomic E-state index is 12.3. The van der Waals surface area contributed by atoms with Crippen LogP contribution >= 0.6 is 0 Å². The number of allylic oxidation sites excluding steroid dienone is 28. The van der Waals surface area contributed by atoms with Crippen LogP contribution in [0.5, 0.6) is 0 Å². The van der Waals surface area contributed by atoms with Crippen molar-refractivity contribution in [2.75, 3.05) is 13.2 Å². The fourth-order valence-electron chi connectivity index (χ4n) is 7.28. The lowest BCUT2D eigenvalue weighted by Crippen LogP contribution is -2.28. The molecule has 0 radical (unpaired) electrons. The largest absolute Gasteiger partial charge is 0.462 e. The summed E-state index contributed by atoms with van der Waals surface area (Å²) in [6.07, 6.45) is 94.6. The Labute approximate surface area is 443 Å². The molecule has 0 bridgehead atoms. The number of esters is 2. The van der Waals surface area contributed by atoms with Gasteiger partial charge in [0.2, 0.25) is 0 Å². The minimum atomic E-state index is -0.798. The van der Waals surface area contributed by atoms with Crippen molar-refractivity contribution in [1.82, 2.24) is 0 Å². The normalized spacial score (nSPS) is 13.5. The molecule has 0 aliphatic heterocycles. The maximum Gasteiger partial charge on any atom is 0.306 e. The summed E-state index contributed by atoms with van der Waals surface area (Å²) in [5, 5.41) is 9.65. The van der Waals surface area contributed by atoms with Crippen LogP contribution in [0.15, 0.2) is 170 Å². The lowest BCUT2D eigenvalue weighted by atomic mass is 10.1. The lowest BCUT2D eigenvalue weighted by molar-refractivity contribution is -0.161. The molecule has 0 aliphatic rings. The summed E-state index contributed by atoms with van der Waals surface area (Å²) in [5.74, 6) is -0.632. The number of ether oxygens (including phenoxy) is 2. The molecular weight excluding hydrogens is 885 g/mol. The number of aliphatic hydroxyl groups is 1. The molecule has 0 spiro atoms. The molecule has 1 atom stereocenters. The molecule has 0 aliphatic carbocycles. The van der Waals surface area contributed by atoms with Gasteiger partial charge in [-0.25, -0.2) is 0 Å². The Kier molecular flexibility index (Phi) is 56.6. The summed E-state index contributed by atoms with van der Waals surface area (Å²) in [6.45, 7) is 3.88. The first kappa shape index (κ1) is 67.3. The van der Waals surface area contributed by atoms with Gasteiger partial charge in [0, 0.05) is 12.8 Å². The van der Waals surface area contributed by atoms with E-state index in [0.29, 0.717) is 12.8 Å². The number of unbranched alkanes of at least 4 members (excludes halogenated alkanes) is 14. The summed E-state index contributed by atoms with van der Waals surface area (Å²) in [7, 11) is 0. The van der Waals surface area contributed by atoms with Crippen LogP contribution in [-0.4, -0.2) is 36.4 Å². The van der Waals surface area contributed by atoms with Crippen molar-refractivity contribution in [3.63, 3.8) is 0 Å². The molecule has 0 aromatic carbocycles. The van der Waals surface area contributed by atoms with Crippen molar-refractivity contribution in [2.45, 2.75) is 225 Å². The van der Waals surface area contributed by atoms with E-state index in [1.165, 1.54) is 38.5 Å². The van der Waals surface area contributed by atoms with E-state index in [-0.39, 0.29) is 25.2 Å². The fraction of sp³-hybridized carbons (Fsp3) is 0.552. The predicted octanol–water partition coefficient (Wildman–Crippen LogP) is 19.7. The fourth-order valence-corrected chi connectivity index (χ4v) is 7.28. The molecular formula is C67H104O5. The highest BCUT2D eigenvalue weighted by molar-refractivity contribution is 5.70. The lowest BCUT2D eigenvalue weighted by Gasteiger charge is -2.15. The van der Waals surface area contributed by atoms with Crippen LogP contribution in [0, 0.1) is 0 Å². The van der Waals surface area contributed by atoms with E-state index in [9.17, 15) is 14.7 Å². The Morgan fingerprint density at radius 3 is 0.833 bits per heavy atom. The molecule has 0 aromatic heterocycles. The average Bonchev–Trinajstić information content (AvgIpc) is 3.38. The van der Waals surface area contributed by atoms with Crippen molar-refractivity contribution in [1.29, 1.82) is 0 Å². The Bertz CT molecular complexity index is 1640. The SMILES string of the molecule is CC/C=C\C/C=C\C/C=C\C/C=C\C/C=C\C/C=C\C/C=C\C/C=C\C/C=C\CCCCCCCCCCCC(=O)OC(CO)COC(=O)CCCCCCC/C=C\C/C=C\C/C=C\C/C=C\C/C=C\CC. The zero-order valence-electron chi connectivity index (χ0n) is 45.9. The first-order valence-electron chi connectivity index (χ1n) is 28.7. The van der Waals surface area contributed by atoms with Crippen LogP contribution in [0.2, 0.25) is 0 Å². The van der Waals surface area contributed by atoms with Gasteiger partial charge in [-0.05, 0) is 128 Å². The van der Waals surface area contributed by atoms with E-state index in [1.807, 2.05) is 0 Å². The van der Waals surface area contributed by atoms with E-state index in [1.54, 1.807) is 0 Å². The highest BCUT2D eigenvalue weighted by Crippen LogP contribution is 2.13. The molecule has 0 saturated carbocycles. The van der Waals surface area contributed by atoms with Crippen molar-refractivity contribution in [3.05, 3.63) is 170 Å². The summed E-state index contributed by atoms with van der Waals surface area (Å²) < 4.78 is 10.7. The van der Waals surface area contributed by atoms with E-state index in [0.717, 1.165) is 154 Å².